The van der Waals surface area contributed by atoms with Gasteiger partial charge in [-0.25, -0.2) is 0 Å². The summed E-state index contributed by atoms with van der Waals surface area (Å²) >= 11 is 0. The maximum atomic E-state index is 10.3. The lowest BCUT2D eigenvalue weighted by Gasteiger charge is -1.96. The summed E-state index contributed by atoms with van der Waals surface area (Å²) in [6.07, 6.45) is 0.701. The molecular weight excluding hydrogens is 104 g/mol. The van der Waals surface area contributed by atoms with Gasteiger partial charge in [0.05, 0.1) is 6.61 Å². The number of rotatable bonds is 3. The molecule has 0 amide bonds. The second-order valence-electron chi connectivity index (χ2n) is 1.34. The van der Waals surface area contributed by atoms with Crippen molar-refractivity contribution in [2.75, 3.05) is 6.61 Å². The zero-order chi connectivity index (χ0) is 6.41. The molecule has 8 heavy (non-hydrogen) atoms. The summed E-state index contributed by atoms with van der Waals surface area (Å²) in [6, 6.07) is 0. The van der Waals surface area contributed by atoms with Crippen molar-refractivity contribution in [3.05, 3.63) is 6.92 Å². The molecule has 46 valence electrons. The van der Waals surface area contributed by atoms with Gasteiger partial charge < -0.3 is 4.74 Å². The molecule has 0 aliphatic rings. The van der Waals surface area contributed by atoms with Gasteiger partial charge in [-0.1, -0.05) is 0 Å². The summed E-state index contributed by atoms with van der Waals surface area (Å²) in [5, 5.41) is 0. The highest BCUT2D eigenvalue weighted by molar-refractivity contribution is 5.69. The van der Waals surface area contributed by atoms with E-state index in [4.69, 9.17) is 6.92 Å². The van der Waals surface area contributed by atoms with Crippen LogP contribution in [0.2, 0.25) is 0 Å². The van der Waals surface area contributed by atoms with Gasteiger partial charge in [-0.3, -0.25) is 4.79 Å². The summed E-state index contributed by atoms with van der Waals surface area (Å²) < 4.78 is 4.56. The van der Waals surface area contributed by atoms with E-state index in [9.17, 15) is 4.79 Å². The van der Waals surface area contributed by atoms with E-state index >= 15 is 0 Å². The number of esters is 1. The van der Waals surface area contributed by atoms with E-state index in [2.05, 4.69) is 4.74 Å². The van der Waals surface area contributed by atoms with Gasteiger partial charge in [0.15, 0.2) is 0 Å². The molecule has 0 unspecified atom stereocenters. The maximum absolute atomic E-state index is 10.3. The lowest BCUT2D eigenvalue weighted by atomic mass is 10.3. The summed E-state index contributed by atoms with van der Waals surface area (Å²) in [5.41, 5.74) is 0. The van der Waals surface area contributed by atoms with Crippen LogP contribution >= 0.6 is 0 Å². The maximum Gasteiger partial charge on any atom is 0.305 e. The second-order valence-corrected chi connectivity index (χ2v) is 1.34. The van der Waals surface area contributed by atoms with Crippen molar-refractivity contribution >= 4 is 5.97 Å². The zero-order valence-corrected chi connectivity index (χ0v) is 5.02. The molecule has 0 fully saturated rings. The summed E-state index contributed by atoms with van der Waals surface area (Å²) in [5.74, 6) is -0.213. The highest BCUT2D eigenvalue weighted by Crippen LogP contribution is 1.88. The van der Waals surface area contributed by atoms with Crippen molar-refractivity contribution in [2.45, 2.75) is 19.8 Å². The van der Waals surface area contributed by atoms with Crippen molar-refractivity contribution < 1.29 is 9.53 Å². The van der Waals surface area contributed by atoms with Gasteiger partial charge in [0.1, 0.15) is 0 Å². The highest BCUT2D eigenvalue weighted by atomic mass is 16.5. The average Bonchev–Trinajstić information content (AvgIpc) is 1.68. The molecule has 0 aromatic rings. The molecule has 0 saturated carbocycles. The van der Waals surface area contributed by atoms with Crippen LogP contribution in [-0.4, -0.2) is 12.6 Å². The Morgan fingerprint density at radius 2 is 2.38 bits per heavy atom. The van der Waals surface area contributed by atoms with Gasteiger partial charge in [-0.15, -0.1) is 0 Å². The van der Waals surface area contributed by atoms with E-state index in [1.165, 1.54) is 0 Å². The first kappa shape index (κ1) is 7.47. The highest BCUT2D eigenvalue weighted by Gasteiger charge is 1.95. The van der Waals surface area contributed by atoms with Crippen LogP contribution in [0.5, 0.6) is 0 Å². The molecule has 0 saturated heterocycles. The van der Waals surface area contributed by atoms with E-state index in [0.29, 0.717) is 19.4 Å². The third-order valence-corrected chi connectivity index (χ3v) is 0.654. The average molecular weight is 114 g/mol. The Balaban J connectivity index is 3.06. The van der Waals surface area contributed by atoms with Gasteiger partial charge in [-0.2, -0.15) is 0 Å². The Kier molecular flexibility index (Phi) is 4.32. The summed E-state index contributed by atoms with van der Waals surface area (Å²) in [4.78, 5) is 10.3. The lowest BCUT2D eigenvalue weighted by molar-refractivity contribution is -0.143. The molecular formula is C6H10O2. The Labute approximate surface area is 49.8 Å². The number of ether oxygens (including phenoxy) is 1. The molecule has 0 rings (SSSR count). The quantitative estimate of drug-likeness (QED) is 0.512. The number of carbonyl (C=O) groups is 1. The van der Waals surface area contributed by atoms with Gasteiger partial charge in [-0.05, 0) is 20.3 Å². The third-order valence-electron chi connectivity index (χ3n) is 0.654. The molecule has 2 radical (unpaired) electrons. The zero-order valence-electron chi connectivity index (χ0n) is 5.02. The van der Waals surface area contributed by atoms with Crippen LogP contribution in [0, 0.1) is 6.92 Å². The minimum absolute atomic E-state index is 0.213. The smallest absolute Gasteiger partial charge is 0.305 e. The fourth-order valence-corrected chi connectivity index (χ4v) is 0.351. The molecule has 0 spiro atoms. The molecule has 0 aromatic carbocycles. The van der Waals surface area contributed by atoms with E-state index in [1.807, 2.05) is 0 Å². The molecule has 0 atom stereocenters. The van der Waals surface area contributed by atoms with Crippen molar-refractivity contribution in [1.29, 1.82) is 0 Å². The SMILES string of the molecule is [CH]CCC(=O)OCC. The first-order chi connectivity index (χ1) is 3.81. The monoisotopic (exact) mass is 114 g/mol. The molecule has 0 aromatic heterocycles. The molecule has 0 N–H and O–H groups in total. The molecule has 0 bridgehead atoms. The first-order valence-corrected chi connectivity index (χ1v) is 2.67. The van der Waals surface area contributed by atoms with Gasteiger partial charge in [0.25, 0.3) is 0 Å². The Hall–Kier alpha value is -0.530. The Morgan fingerprint density at radius 1 is 1.75 bits per heavy atom. The molecule has 0 aliphatic carbocycles. The van der Waals surface area contributed by atoms with Crippen molar-refractivity contribution in [2.24, 2.45) is 0 Å². The van der Waals surface area contributed by atoms with Crippen LogP contribution in [-0.2, 0) is 9.53 Å². The first-order valence-electron chi connectivity index (χ1n) is 2.67. The Morgan fingerprint density at radius 3 is 2.75 bits per heavy atom. The fraction of sp³-hybridized carbons (Fsp3) is 0.667. The minimum Gasteiger partial charge on any atom is -0.466 e. The van der Waals surface area contributed by atoms with Crippen LogP contribution in [0.1, 0.15) is 19.8 Å². The molecule has 2 heteroatoms. The van der Waals surface area contributed by atoms with Gasteiger partial charge in [0, 0.05) is 6.42 Å². The fourth-order valence-electron chi connectivity index (χ4n) is 0.351. The minimum atomic E-state index is -0.213. The largest absolute Gasteiger partial charge is 0.466 e. The Bertz CT molecular complexity index is 60.9. The third kappa shape index (κ3) is 3.65. The standard InChI is InChI=1S/C6H10O2/c1-3-5-6(7)8-4-2/h1H,3-5H2,2H3. The molecule has 0 aliphatic heterocycles. The predicted octanol–water partition coefficient (Wildman–Crippen LogP) is 1.04. The van der Waals surface area contributed by atoms with Crippen molar-refractivity contribution in [3.8, 4) is 0 Å². The van der Waals surface area contributed by atoms with E-state index in [1.54, 1.807) is 6.92 Å². The second kappa shape index (κ2) is 4.62. The molecule has 2 nitrogen and oxygen atoms in total. The number of carbonyl (C=O) groups excluding carboxylic acids is 1. The van der Waals surface area contributed by atoms with Crippen LogP contribution in [0.3, 0.4) is 0 Å². The van der Waals surface area contributed by atoms with Crippen LogP contribution in [0.4, 0.5) is 0 Å². The van der Waals surface area contributed by atoms with Gasteiger partial charge in [0.2, 0.25) is 0 Å². The van der Waals surface area contributed by atoms with E-state index in [-0.39, 0.29) is 5.97 Å². The van der Waals surface area contributed by atoms with E-state index < -0.39 is 0 Å². The van der Waals surface area contributed by atoms with Crippen LogP contribution in [0.15, 0.2) is 0 Å². The van der Waals surface area contributed by atoms with Crippen LogP contribution in [0.25, 0.3) is 0 Å². The number of hydrogen-bond donors (Lipinski definition) is 0. The summed E-state index contributed by atoms with van der Waals surface area (Å²) in [6.45, 7) is 7.27. The normalized spacial score (nSPS) is 8.75. The summed E-state index contributed by atoms with van der Waals surface area (Å²) in [7, 11) is 0. The van der Waals surface area contributed by atoms with E-state index in [0.717, 1.165) is 0 Å². The topological polar surface area (TPSA) is 26.3 Å². The van der Waals surface area contributed by atoms with Crippen molar-refractivity contribution in [3.63, 3.8) is 0 Å². The van der Waals surface area contributed by atoms with Gasteiger partial charge >= 0.3 is 5.97 Å². The van der Waals surface area contributed by atoms with Crippen molar-refractivity contribution in [1.82, 2.24) is 0 Å². The predicted molar refractivity (Wildman–Crippen MR) is 30.2 cm³/mol. The number of hydrogen-bond acceptors (Lipinski definition) is 2. The van der Waals surface area contributed by atoms with Crippen LogP contribution < -0.4 is 0 Å². The lowest BCUT2D eigenvalue weighted by Crippen LogP contribution is -2.01. The molecule has 0 heterocycles.